The molecule has 1 fully saturated rings. The molecule has 1 aliphatic heterocycles. The average molecular weight is 227 g/mol. The van der Waals surface area contributed by atoms with Crippen LogP contribution in [-0.4, -0.2) is 35.6 Å². The van der Waals surface area contributed by atoms with Gasteiger partial charge in [0.25, 0.3) is 0 Å². The van der Waals surface area contributed by atoms with E-state index < -0.39 is 11.4 Å². The molecule has 0 bridgehead atoms. The van der Waals surface area contributed by atoms with E-state index >= 15 is 0 Å². The van der Waals surface area contributed by atoms with Gasteiger partial charge >= 0.3 is 5.97 Å². The van der Waals surface area contributed by atoms with Gasteiger partial charge in [0.1, 0.15) is 0 Å². The topological polar surface area (TPSA) is 40.5 Å². The van der Waals surface area contributed by atoms with Crippen LogP contribution in [0.2, 0.25) is 0 Å². The normalized spacial score (nSPS) is 30.2. The number of hydrogen-bond donors (Lipinski definition) is 1. The van der Waals surface area contributed by atoms with Crippen LogP contribution in [0.1, 0.15) is 40.5 Å². The number of carboxylic acid groups (broad SMARTS) is 1. The van der Waals surface area contributed by atoms with E-state index in [0.29, 0.717) is 18.4 Å². The summed E-state index contributed by atoms with van der Waals surface area (Å²) in [5.74, 6) is 0.737. The van der Waals surface area contributed by atoms with Crippen LogP contribution in [0.5, 0.6) is 0 Å². The summed E-state index contributed by atoms with van der Waals surface area (Å²) in [6.45, 7) is 11.2. The fourth-order valence-corrected chi connectivity index (χ4v) is 2.68. The Bertz CT molecular complexity index is 244. The number of hydrogen-bond acceptors (Lipinski definition) is 2. The first-order valence-electron chi connectivity index (χ1n) is 6.35. The van der Waals surface area contributed by atoms with Crippen LogP contribution in [-0.2, 0) is 4.79 Å². The first kappa shape index (κ1) is 13.5. The Labute approximate surface area is 98.8 Å². The van der Waals surface area contributed by atoms with Crippen molar-refractivity contribution in [2.24, 2.45) is 17.3 Å². The van der Waals surface area contributed by atoms with Gasteiger partial charge < -0.3 is 10.0 Å². The molecule has 0 radical (unpaired) electrons. The lowest BCUT2D eigenvalue weighted by Crippen LogP contribution is -2.40. The Balaban J connectivity index is 2.60. The molecule has 1 aliphatic rings. The summed E-state index contributed by atoms with van der Waals surface area (Å²) < 4.78 is 0. The molecule has 1 saturated heterocycles. The molecule has 0 saturated carbocycles. The molecule has 3 unspecified atom stereocenters. The number of carbonyl (C=O) groups is 1. The number of rotatable bonds is 5. The lowest BCUT2D eigenvalue weighted by molar-refractivity contribution is -0.149. The van der Waals surface area contributed by atoms with Gasteiger partial charge in [0.15, 0.2) is 0 Å². The van der Waals surface area contributed by atoms with Gasteiger partial charge in [0.05, 0.1) is 5.41 Å². The molecular weight excluding hydrogens is 202 g/mol. The van der Waals surface area contributed by atoms with Crippen LogP contribution in [0.25, 0.3) is 0 Å². The van der Waals surface area contributed by atoms with E-state index in [1.807, 2.05) is 6.92 Å². The maximum absolute atomic E-state index is 11.3. The molecule has 1 rings (SSSR count). The molecule has 94 valence electrons. The molecule has 0 spiro atoms. The van der Waals surface area contributed by atoms with Gasteiger partial charge in [-0.1, -0.05) is 27.2 Å². The second-order valence-electron chi connectivity index (χ2n) is 5.76. The van der Waals surface area contributed by atoms with E-state index in [1.54, 1.807) is 0 Å². The zero-order valence-corrected chi connectivity index (χ0v) is 11.0. The molecule has 1 heterocycles. The van der Waals surface area contributed by atoms with Gasteiger partial charge in [0, 0.05) is 19.6 Å². The van der Waals surface area contributed by atoms with Crippen molar-refractivity contribution in [3.8, 4) is 0 Å². The van der Waals surface area contributed by atoms with Crippen LogP contribution < -0.4 is 0 Å². The van der Waals surface area contributed by atoms with E-state index in [4.69, 9.17) is 0 Å². The highest BCUT2D eigenvalue weighted by Gasteiger charge is 2.37. The second-order valence-corrected chi connectivity index (χ2v) is 5.76. The lowest BCUT2D eigenvalue weighted by atomic mass is 9.85. The van der Waals surface area contributed by atoms with Crippen molar-refractivity contribution >= 4 is 5.97 Å². The SMILES string of the molecule is CCCC(C)(CN1CC(C)C(C)C1)C(=O)O. The Morgan fingerprint density at radius 1 is 1.38 bits per heavy atom. The predicted molar refractivity (Wildman–Crippen MR) is 65.4 cm³/mol. The Kier molecular flexibility index (Phi) is 4.36. The summed E-state index contributed by atoms with van der Waals surface area (Å²) in [5.41, 5.74) is -0.571. The second kappa shape index (κ2) is 5.17. The fraction of sp³-hybridized carbons (Fsp3) is 0.923. The van der Waals surface area contributed by atoms with Crippen LogP contribution in [0.4, 0.5) is 0 Å². The van der Waals surface area contributed by atoms with Crippen molar-refractivity contribution in [1.82, 2.24) is 4.90 Å². The van der Waals surface area contributed by atoms with Gasteiger partial charge in [0.2, 0.25) is 0 Å². The number of likely N-dealkylation sites (tertiary alicyclic amines) is 1. The standard InChI is InChI=1S/C13H25NO2/c1-5-6-13(4,12(15)16)9-14-7-10(2)11(3)8-14/h10-11H,5-9H2,1-4H3,(H,15,16). The summed E-state index contributed by atoms with van der Waals surface area (Å²) in [5, 5.41) is 9.33. The molecule has 0 aliphatic carbocycles. The van der Waals surface area contributed by atoms with Crippen LogP contribution in [0.3, 0.4) is 0 Å². The van der Waals surface area contributed by atoms with Crippen LogP contribution in [0, 0.1) is 17.3 Å². The molecule has 3 nitrogen and oxygen atoms in total. The van der Waals surface area contributed by atoms with Crippen molar-refractivity contribution in [3.05, 3.63) is 0 Å². The highest BCUT2D eigenvalue weighted by atomic mass is 16.4. The summed E-state index contributed by atoms with van der Waals surface area (Å²) in [6, 6.07) is 0. The van der Waals surface area contributed by atoms with Crippen LogP contribution in [0.15, 0.2) is 0 Å². The van der Waals surface area contributed by atoms with Crippen molar-refractivity contribution in [2.45, 2.75) is 40.5 Å². The van der Waals surface area contributed by atoms with Gasteiger partial charge in [-0.2, -0.15) is 0 Å². The van der Waals surface area contributed by atoms with Gasteiger partial charge in [-0.15, -0.1) is 0 Å². The maximum atomic E-state index is 11.3. The zero-order chi connectivity index (χ0) is 12.3. The molecule has 0 aromatic carbocycles. The molecule has 0 aromatic rings. The molecule has 0 aromatic heterocycles. The highest BCUT2D eigenvalue weighted by molar-refractivity contribution is 5.74. The number of nitrogens with zero attached hydrogens (tertiary/aromatic N) is 1. The first-order chi connectivity index (χ1) is 7.39. The Morgan fingerprint density at radius 3 is 2.25 bits per heavy atom. The number of aliphatic carboxylic acids is 1. The largest absolute Gasteiger partial charge is 0.481 e. The minimum Gasteiger partial charge on any atom is -0.481 e. The highest BCUT2D eigenvalue weighted by Crippen LogP contribution is 2.29. The van der Waals surface area contributed by atoms with E-state index in [1.165, 1.54) is 0 Å². The molecule has 3 atom stereocenters. The molecular formula is C13H25NO2. The fourth-order valence-electron chi connectivity index (χ4n) is 2.68. The summed E-state index contributed by atoms with van der Waals surface area (Å²) >= 11 is 0. The minimum absolute atomic E-state index is 0.571. The Hall–Kier alpha value is -0.570. The minimum atomic E-state index is -0.651. The Morgan fingerprint density at radius 2 is 1.88 bits per heavy atom. The summed E-state index contributed by atoms with van der Waals surface area (Å²) in [6.07, 6.45) is 1.70. The van der Waals surface area contributed by atoms with E-state index in [9.17, 15) is 9.90 Å². The molecule has 0 amide bonds. The number of carboxylic acids is 1. The summed E-state index contributed by atoms with van der Waals surface area (Å²) in [4.78, 5) is 13.7. The van der Waals surface area contributed by atoms with Crippen molar-refractivity contribution in [2.75, 3.05) is 19.6 Å². The predicted octanol–water partition coefficient (Wildman–Crippen LogP) is 2.47. The molecule has 16 heavy (non-hydrogen) atoms. The van der Waals surface area contributed by atoms with Gasteiger partial charge in [-0.05, 0) is 25.2 Å². The maximum Gasteiger partial charge on any atom is 0.310 e. The van der Waals surface area contributed by atoms with E-state index in [0.717, 1.165) is 25.9 Å². The van der Waals surface area contributed by atoms with Crippen LogP contribution >= 0.6 is 0 Å². The molecule has 1 N–H and O–H groups in total. The van der Waals surface area contributed by atoms with E-state index in [2.05, 4.69) is 25.7 Å². The van der Waals surface area contributed by atoms with Gasteiger partial charge in [-0.25, -0.2) is 0 Å². The lowest BCUT2D eigenvalue weighted by Gasteiger charge is -2.29. The van der Waals surface area contributed by atoms with Crippen molar-refractivity contribution in [3.63, 3.8) is 0 Å². The zero-order valence-electron chi connectivity index (χ0n) is 11.0. The van der Waals surface area contributed by atoms with Crippen molar-refractivity contribution in [1.29, 1.82) is 0 Å². The van der Waals surface area contributed by atoms with Gasteiger partial charge in [-0.3, -0.25) is 4.79 Å². The third kappa shape index (κ3) is 2.97. The summed E-state index contributed by atoms with van der Waals surface area (Å²) in [7, 11) is 0. The third-order valence-electron chi connectivity index (χ3n) is 3.95. The average Bonchev–Trinajstić information content (AvgIpc) is 2.45. The quantitative estimate of drug-likeness (QED) is 0.784. The van der Waals surface area contributed by atoms with Crippen molar-refractivity contribution < 1.29 is 9.90 Å². The third-order valence-corrected chi connectivity index (χ3v) is 3.95. The van der Waals surface area contributed by atoms with E-state index in [-0.39, 0.29) is 0 Å². The smallest absolute Gasteiger partial charge is 0.310 e. The monoisotopic (exact) mass is 227 g/mol. The molecule has 3 heteroatoms. The first-order valence-corrected chi connectivity index (χ1v) is 6.35.